The molecular formula is C14H22BrN3O. The minimum absolute atomic E-state index is 0.245. The molecule has 0 radical (unpaired) electrons. The van der Waals surface area contributed by atoms with Gasteiger partial charge in [0.05, 0.1) is 13.3 Å². The van der Waals surface area contributed by atoms with Crippen LogP contribution in [0.5, 0.6) is 5.75 Å². The van der Waals surface area contributed by atoms with Gasteiger partial charge in [-0.2, -0.15) is 0 Å². The van der Waals surface area contributed by atoms with Crippen LogP contribution in [-0.4, -0.2) is 57.2 Å². The summed E-state index contributed by atoms with van der Waals surface area (Å²) in [5.41, 5.74) is 1.21. The number of halogens is 1. The number of nitrogens with zero attached hydrogens (tertiary/aromatic N) is 2. The second-order valence-electron chi connectivity index (χ2n) is 5.01. The molecule has 1 atom stereocenters. The minimum Gasteiger partial charge on any atom is -0.496 e. The first-order valence-electron chi connectivity index (χ1n) is 6.58. The zero-order chi connectivity index (χ0) is 13.8. The largest absolute Gasteiger partial charge is 0.496 e. The third-order valence-corrected chi connectivity index (χ3v) is 3.95. The van der Waals surface area contributed by atoms with Gasteiger partial charge in [-0.25, -0.2) is 0 Å². The molecule has 1 N–H and O–H groups in total. The molecule has 0 bridgehead atoms. The molecule has 4 nitrogen and oxygen atoms in total. The lowest BCUT2D eigenvalue weighted by molar-refractivity contribution is 0.0653. The highest BCUT2D eigenvalue weighted by atomic mass is 79.9. The van der Waals surface area contributed by atoms with E-state index in [1.807, 2.05) is 12.1 Å². The van der Waals surface area contributed by atoms with Crippen LogP contribution in [0, 0.1) is 0 Å². The Labute approximate surface area is 123 Å². The third-order valence-electron chi connectivity index (χ3n) is 3.46. The summed E-state index contributed by atoms with van der Waals surface area (Å²) in [6.45, 7) is 4.19. The second kappa shape index (κ2) is 6.70. The summed E-state index contributed by atoms with van der Waals surface area (Å²) in [6.07, 6.45) is 0.245. The summed E-state index contributed by atoms with van der Waals surface area (Å²) in [6, 6.07) is 6.20. The molecule has 106 valence electrons. The van der Waals surface area contributed by atoms with Crippen LogP contribution < -0.4 is 10.1 Å². The molecule has 19 heavy (non-hydrogen) atoms. The predicted molar refractivity (Wildman–Crippen MR) is 81.6 cm³/mol. The Morgan fingerprint density at radius 3 is 2.58 bits per heavy atom. The number of hydrogen-bond acceptors (Lipinski definition) is 4. The van der Waals surface area contributed by atoms with Crippen molar-refractivity contribution >= 4 is 15.9 Å². The Morgan fingerprint density at radius 1 is 1.32 bits per heavy atom. The second-order valence-corrected chi connectivity index (χ2v) is 5.93. The summed E-state index contributed by atoms with van der Waals surface area (Å²) >= 11 is 3.56. The van der Waals surface area contributed by atoms with Crippen molar-refractivity contribution in [3.8, 4) is 5.75 Å². The van der Waals surface area contributed by atoms with Crippen LogP contribution in [0.15, 0.2) is 22.7 Å². The van der Waals surface area contributed by atoms with Gasteiger partial charge in [0, 0.05) is 36.2 Å². The molecule has 1 aliphatic heterocycles. The van der Waals surface area contributed by atoms with Gasteiger partial charge in [0.2, 0.25) is 0 Å². The first-order valence-corrected chi connectivity index (χ1v) is 7.37. The lowest BCUT2D eigenvalue weighted by Gasteiger charge is -2.39. The minimum atomic E-state index is 0.245. The number of methoxy groups -OCH3 is 1. The first-order chi connectivity index (χ1) is 9.13. The number of rotatable bonds is 4. The standard InChI is InChI=1S/C14H22BrN3O/c1-17(2)14(18-8-6-16-7-9-18)12-10-11(15)4-5-13(12)19-3/h4-5,10,14,16H,6-9H2,1-3H3. The average Bonchev–Trinajstić information content (AvgIpc) is 2.40. The van der Waals surface area contributed by atoms with Crippen molar-refractivity contribution in [2.75, 3.05) is 47.4 Å². The van der Waals surface area contributed by atoms with Crippen molar-refractivity contribution < 1.29 is 4.74 Å². The predicted octanol–water partition coefficient (Wildman–Crippen LogP) is 1.92. The summed E-state index contributed by atoms with van der Waals surface area (Å²) in [5.74, 6) is 0.945. The van der Waals surface area contributed by atoms with Crippen LogP contribution >= 0.6 is 15.9 Å². The quantitative estimate of drug-likeness (QED) is 0.914. The fourth-order valence-electron chi connectivity index (χ4n) is 2.64. The highest BCUT2D eigenvalue weighted by Crippen LogP contribution is 2.33. The molecule has 1 aliphatic rings. The smallest absolute Gasteiger partial charge is 0.125 e. The van der Waals surface area contributed by atoms with Crippen molar-refractivity contribution in [1.82, 2.24) is 15.1 Å². The van der Waals surface area contributed by atoms with Crippen LogP contribution in [0.25, 0.3) is 0 Å². The van der Waals surface area contributed by atoms with Gasteiger partial charge in [-0.15, -0.1) is 0 Å². The zero-order valence-electron chi connectivity index (χ0n) is 11.8. The number of nitrogens with one attached hydrogen (secondary N) is 1. The van der Waals surface area contributed by atoms with Crippen LogP contribution in [-0.2, 0) is 0 Å². The van der Waals surface area contributed by atoms with E-state index < -0.39 is 0 Å². The highest BCUT2D eigenvalue weighted by Gasteiger charge is 2.26. The molecule has 2 rings (SSSR count). The van der Waals surface area contributed by atoms with E-state index in [4.69, 9.17) is 4.74 Å². The van der Waals surface area contributed by atoms with Crippen molar-refractivity contribution in [2.45, 2.75) is 6.17 Å². The summed E-state index contributed by atoms with van der Waals surface area (Å²) in [7, 11) is 5.97. The van der Waals surface area contributed by atoms with E-state index in [-0.39, 0.29) is 6.17 Å². The lowest BCUT2D eigenvalue weighted by atomic mass is 10.1. The van der Waals surface area contributed by atoms with Gasteiger partial charge in [-0.1, -0.05) is 15.9 Å². The van der Waals surface area contributed by atoms with Crippen LogP contribution in [0.1, 0.15) is 11.7 Å². The fourth-order valence-corrected chi connectivity index (χ4v) is 3.01. The SMILES string of the molecule is COc1ccc(Br)cc1C(N(C)C)N1CCNCC1. The monoisotopic (exact) mass is 327 g/mol. The first kappa shape index (κ1) is 14.8. The Kier molecular flexibility index (Phi) is 5.21. The molecular weight excluding hydrogens is 306 g/mol. The van der Waals surface area contributed by atoms with Crippen LogP contribution in [0.3, 0.4) is 0 Å². The van der Waals surface area contributed by atoms with E-state index >= 15 is 0 Å². The summed E-state index contributed by atoms with van der Waals surface area (Å²) in [5, 5.41) is 3.40. The number of ether oxygens (including phenoxy) is 1. The number of piperazine rings is 1. The number of hydrogen-bond donors (Lipinski definition) is 1. The fraction of sp³-hybridized carbons (Fsp3) is 0.571. The number of benzene rings is 1. The van der Waals surface area contributed by atoms with Crippen molar-refractivity contribution in [3.63, 3.8) is 0 Å². The molecule has 5 heteroatoms. The molecule has 0 spiro atoms. The van der Waals surface area contributed by atoms with Crippen molar-refractivity contribution in [2.24, 2.45) is 0 Å². The van der Waals surface area contributed by atoms with Gasteiger partial charge in [-0.3, -0.25) is 9.80 Å². The van der Waals surface area contributed by atoms with Crippen LogP contribution in [0.4, 0.5) is 0 Å². The Hall–Kier alpha value is -0.620. The Bertz CT molecular complexity index is 419. The van der Waals surface area contributed by atoms with E-state index in [0.29, 0.717) is 0 Å². The van der Waals surface area contributed by atoms with Crippen molar-refractivity contribution in [3.05, 3.63) is 28.2 Å². The van der Waals surface area contributed by atoms with E-state index in [1.54, 1.807) is 7.11 Å². The highest BCUT2D eigenvalue weighted by molar-refractivity contribution is 9.10. The molecule has 0 aliphatic carbocycles. The normalized spacial score (nSPS) is 18.6. The molecule has 1 heterocycles. The maximum atomic E-state index is 5.53. The zero-order valence-corrected chi connectivity index (χ0v) is 13.4. The molecule has 1 unspecified atom stereocenters. The van der Waals surface area contributed by atoms with Crippen molar-refractivity contribution in [1.29, 1.82) is 0 Å². The van der Waals surface area contributed by atoms with E-state index in [0.717, 1.165) is 36.4 Å². The van der Waals surface area contributed by atoms with Gasteiger partial charge < -0.3 is 10.1 Å². The van der Waals surface area contributed by atoms with Gasteiger partial charge in [-0.05, 0) is 32.3 Å². The summed E-state index contributed by atoms with van der Waals surface area (Å²) < 4.78 is 6.62. The molecule has 1 aromatic carbocycles. The molecule has 0 amide bonds. The Morgan fingerprint density at radius 2 is 2.00 bits per heavy atom. The molecule has 1 fully saturated rings. The van der Waals surface area contributed by atoms with Crippen LogP contribution in [0.2, 0.25) is 0 Å². The van der Waals surface area contributed by atoms with E-state index in [2.05, 4.69) is 51.2 Å². The third kappa shape index (κ3) is 3.48. The average molecular weight is 328 g/mol. The summed E-state index contributed by atoms with van der Waals surface area (Å²) in [4.78, 5) is 4.73. The molecule has 1 aromatic rings. The van der Waals surface area contributed by atoms with Gasteiger partial charge >= 0.3 is 0 Å². The molecule has 1 saturated heterocycles. The van der Waals surface area contributed by atoms with E-state index in [9.17, 15) is 0 Å². The van der Waals surface area contributed by atoms with Gasteiger partial charge in [0.15, 0.2) is 0 Å². The maximum absolute atomic E-state index is 5.53. The Balaban J connectivity index is 2.34. The topological polar surface area (TPSA) is 27.7 Å². The van der Waals surface area contributed by atoms with Gasteiger partial charge in [0.1, 0.15) is 5.75 Å². The van der Waals surface area contributed by atoms with E-state index in [1.165, 1.54) is 5.56 Å². The lowest BCUT2D eigenvalue weighted by Crippen LogP contribution is -2.48. The van der Waals surface area contributed by atoms with Gasteiger partial charge in [0.25, 0.3) is 0 Å². The molecule has 0 aromatic heterocycles. The maximum Gasteiger partial charge on any atom is 0.125 e. The molecule has 0 saturated carbocycles.